The maximum Gasteiger partial charge on any atom is 0.253 e. The molecule has 1 spiro atoms. The maximum absolute atomic E-state index is 13.4. The van der Waals surface area contributed by atoms with Gasteiger partial charge < -0.3 is 9.64 Å². The zero-order chi connectivity index (χ0) is 23.7. The molecule has 2 fully saturated rings. The Morgan fingerprint density at radius 1 is 0.943 bits per heavy atom. The number of aromatic amines is 1. The van der Waals surface area contributed by atoms with Crippen LogP contribution < -0.4 is 0 Å². The van der Waals surface area contributed by atoms with Crippen LogP contribution in [0.4, 0.5) is 0 Å². The minimum absolute atomic E-state index is 0.0878. The van der Waals surface area contributed by atoms with Crippen LogP contribution in [-0.4, -0.2) is 47.3 Å². The molecule has 2 saturated heterocycles. The summed E-state index contributed by atoms with van der Waals surface area (Å²) in [6, 6.07) is 24.1. The van der Waals surface area contributed by atoms with Gasteiger partial charge in [0.2, 0.25) is 0 Å². The average molecular weight is 462 g/mol. The van der Waals surface area contributed by atoms with E-state index in [0.29, 0.717) is 11.3 Å². The molecule has 0 aliphatic carbocycles. The topological polar surface area (TPSA) is 58.2 Å². The minimum Gasteiger partial charge on any atom is -0.381 e. The number of hydrogen-bond acceptors (Lipinski definition) is 3. The summed E-state index contributed by atoms with van der Waals surface area (Å²) in [5, 5.41) is 8.38. The van der Waals surface area contributed by atoms with E-state index < -0.39 is 0 Å². The number of H-pyrrole nitrogens is 1. The van der Waals surface area contributed by atoms with Gasteiger partial charge in [-0.15, -0.1) is 0 Å². The van der Waals surface area contributed by atoms with Crippen molar-refractivity contribution >= 4 is 16.8 Å². The molecule has 35 heavy (non-hydrogen) atoms. The Balaban J connectivity index is 1.28. The second kappa shape index (κ2) is 9.05. The van der Waals surface area contributed by atoms with E-state index in [9.17, 15) is 4.79 Å². The maximum atomic E-state index is 13.4. The summed E-state index contributed by atoms with van der Waals surface area (Å²) in [7, 11) is 0. The molecule has 1 amide bonds. The lowest BCUT2D eigenvalue weighted by Crippen LogP contribution is -2.35. The first-order valence-corrected chi connectivity index (χ1v) is 12.2. The number of likely N-dealkylation sites (tertiary alicyclic amines) is 1. The highest BCUT2D eigenvalue weighted by Crippen LogP contribution is 2.40. The largest absolute Gasteiger partial charge is 0.381 e. The number of nitrogens with one attached hydrogen (secondary N) is 1. The molecule has 5 nitrogen and oxygen atoms in total. The lowest BCUT2D eigenvalue weighted by Gasteiger charge is -2.33. The van der Waals surface area contributed by atoms with Gasteiger partial charge in [0.15, 0.2) is 0 Å². The van der Waals surface area contributed by atoms with Gasteiger partial charge in [0.25, 0.3) is 5.91 Å². The fraction of sp³-hybridized carbons (Fsp3) is 0.267. The zero-order valence-corrected chi connectivity index (χ0v) is 19.6. The van der Waals surface area contributed by atoms with Gasteiger partial charge in [0.05, 0.1) is 5.52 Å². The van der Waals surface area contributed by atoms with E-state index >= 15 is 0 Å². The average Bonchev–Trinajstić information content (AvgIpc) is 3.52. The molecule has 3 heterocycles. The second-order valence-corrected chi connectivity index (χ2v) is 9.58. The van der Waals surface area contributed by atoms with E-state index in [1.807, 2.05) is 59.5 Å². The lowest BCUT2D eigenvalue weighted by atomic mass is 9.80. The number of nitrogens with zero attached hydrogens (tertiary/aromatic N) is 2. The number of fused-ring (bicyclic) bond motifs is 1. The Morgan fingerprint density at radius 2 is 1.74 bits per heavy atom. The Bertz CT molecular complexity index is 1440. The first kappa shape index (κ1) is 21.6. The molecule has 5 heteroatoms. The van der Waals surface area contributed by atoms with Gasteiger partial charge in [-0.2, -0.15) is 5.10 Å². The highest BCUT2D eigenvalue weighted by molar-refractivity contribution is 5.99. The van der Waals surface area contributed by atoms with Crippen LogP contribution in [-0.2, 0) is 4.74 Å². The fourth-order valence-electron chi connectivity index (χ4n) is 5.33. The molecular weight excluding hydrogens is 434 g/mol. The highest BCUT2D eigenvalue weighted by Gasteiger charge is 2.41. The van der Waals surface area contributed by atoms with Crippen LogP contribution in [0.2, 0.25) is 0 Å². The Morgan fingerprint density at radius 3 is 2.60 bits per heavy atom. The molecule has 0 atom stereocenters. The summed E-state index contributed by atoms with van der Waals surface area (Å²) in [5.74, 6) is 6.64. The number of hydrogen-bond donors (Lipinski definition) is 1. The monoisotopic (exact) mass is 461 g/mol. The quantitative estimate of drug-likeness (QED) is 0.414. The summed E-state index contributed by atoms with van der Waals surface area (Å²) >= 11 is 0. The number of aromatic nitrogens is 2. The van der Waals surface area contributed by atoms with Crippen molar-refractivity contribution in [3.8, 4) is 23.0 Å². The molecule has 174 valence electrons. The predicted octanol–water partition coefficient (Wildman–Crippen LogP) is 5.27. The summed E-state index contributed by atoms with van der Waals surface area (Å²) in [6.45, 7) is 3.24. The normalized spacial score (nSPS) is 16.9. The summed E-state index contributed by atoms with van der Waals surface area (Å²) < 4.78 is 5.55. The SMILES string of the molecule is O=C(c1ccc2[nH]nc(C#Cc3ccccc3-c3ccccc3)c2c1)N1CCC2(CCOCC2)C1. The van der Waals surface area contributed by atoms with Crippen molar-refractivity contribution < 1.29 is 9.53 Å². The van der Waals surface area contributed by atoms with Gasteiger partial charge in [0, 0.05) is 42.8 Å². The van der Waals surface area contributed by atoms with Crippen LogP contribution >= 0.6 is 0 Å². The van der Waals surface area contributed by atoms with Gasteiger partial charge in [-0.3, -0.25) is 9.89 Å². The van der Waals surface area contributed by atoms with E-state index in [-0.39, 0.29) is 11.3 Å². The molecule has 2 aliphatic heterocycles. The van der Waals surface area contributed by atoms with Crippen molar-refractivity contribution in [2.24, 2.45) is 5.41 Å². The van der Waals surface area contributed by atoms with Crippen LogP contribution in [0.15, 0.2) is 72.8 Å². The number of carbonyl (C=O) groups is 1. The lowest BCUT2D eigenvalue weighted by molar-refractivity contribution is 0.0191. The van der Waals surface area contributed by atoms with Gasteiger partial charge in [0.1, 0.15) is 5.69 Å². The Labute approximate surface area is 205 Å². The van der Waals surface area contributed by atoms with E-state index in [2.05, 4.69) is 40.2 Å². The summed E-state index contributed by atoms with van der Waals surface area (Å²) in [6.07, 6.45) is 3.15. The molecule has 0 saturated carbocycles. The molecule has 3 aromatic carbocycles. The third-order valence-corrected chi connectivity index (χ3v) is 7.42. The molecule has 0 radical (unpaired) electrons. The molecule has 4 aromatic rings. The first-order valence-electron chi connectivity index (χ1n) is 12.2. The van der Waals surface area contributed by atoms with Crippen molar-refractivity contribution in [1.82, 2.24) is 15.1 Å². The number of rotatable bonds is 2. The number of ether oxygens (including phenoxy) is 1. The Hall–Kier alpha value is -3.88. The van der Waals surface area contributed by atoms with Crippen LogP contribution in [0.25, 0.3) is 22.0 Å². The van der Waals surface area contributed by atoms with Crippen LogP contribution in [0, 0.1) is 17.3 Å². The van der Waals surface area contributed by atoms with Crippen molar-refractivity contribution in [3.63, 3.8) is 0 Å². The minimum atomic E-state index is 0.0878. The number of carbonyl (C=O) groups excluding carboxylic acids is 1. The molecule has 1 aromatic heterocycles. The van der Waals surface area contributed by atoms with E-state index in [1.54, 1.807) is 0 Å². The van der Waals surface area contributed by atoms with Crippen molar-refractivity contribution in [2.45, 2.75) is 19.3 Å². The van der Waals surface area contributed by atoms with Gasteiger partial charge in [-0.05, 0) is 66.0 Å². The molecule has 2 aliphatic rings. The zero-order valence-electron chi connectivity index (χ0n) is 19.6. The van der Waals surface area contributed by atoms with Crippen molar-refractivity contribution in [3.05, 3.63) is 89.6 Å². The second-order valence-electron chi connectivity index (χ2n) is 9.58. The molecule has 6 rings (SSSR count). The smallest absolute Gasteiger partial charge is 0.253 e. The molecule has 0 unspecified atom stereocenters. The Kier molecular flexibility index (Phi) is 5.60. The molecule has 0 bridgehead atoms. The van der Waals surface area contributed by atoms with E-state index in [1.165, 1.54) is 0 Å². The molecular formula is C30H27N3O2. The van der Waals surface area contributed by atoms with Gasteiger partial charge in [-0.1, -0.05) is 54.5 Å². The highest BCUT2D eigenvalue weighted by atomic mass is 16.5. The van der Waals surface area contributed by atoms with Crippen LogP contribution in [0.5, 0.6) is 0 Å². The third-order valence-electron chi connectivity index (χ3n) is 7.42. The number of benzene rings is 3. The van der Waals surface area contributed by atoms with Crippen molar-refractivity contribution in [1.29, 1.82) is 0 Å². The van der Waals surface area contributed by atoms with Gasteiger partial charge >= 0.3 is 0 Å². The standard InChI is InChI=1S/C30H27N3O2/c34-29(33-17-14-30(21-33)15-18-35-19-16-30)24-11-13-28-26(20-24)27(31-32-28)12-10-23-8-4-5-9-25(23)22-6-2-1-3-7-22/h1-9,11,13,20H,14-19,21H2,(H,31,32). The van der Waals surface area contributed by atoms with Gasteiger partial charge in [-0.25, -0.2) is 0 Å². The van der Waals surface area contributed by atoms with E-state index in [4.69, 9.17) is 4.74 Å². The third kappa shape index (κ3) is 4.22. The van der Waals surface area contributed by atoms with E-state index in [0.717, 1.165) is 73.2 Å². The van der Waals surface area contributed by atoms with Crippen LogP contribution in [0.1, 0.15) is 40.9 Å². The van der Waals surface area contributed by atoms with Crippen molar-refractivity contribution in [2.75, 3.05) is 26.3 Å². The fourth-order valence-corrected chi connectivity index (χ4v) is 5.33. The summed E-state index contributed by atoms with van der Waals surface area (Å²) in [4.78, 5) is 15.4. The molecule has 1 N–H and O–H groups in total. The predicted molar refractivity (Wildman–Crippen MR) is 137 cm³/mol. The number of amides is 1. The van der Waals surface area contributed by atoms with Crippen LogP contribution in [0.3, 0.4) is 0 Å². The first-order chi connectivity index (χ1) is 17.2. The summed E-state index contributed by atoms with van der Waals surface area (Å²) in [5.41, 5.74) is 5.62.